The van der Waals surface area contributed by atoms with E-state index in [1.54, 1.807) is 13.8 Å². The normalized spacial score (nSPS) is 16.2. The van der Waals surface area contributed by atoms with E-state index in [9.17, 15) is 14.1 Å². The summed E-state index contributed by atoms with van der Waals surface area (Å²) < 4.78 is 12.1. The Kier molecular flexibility index (Phi) is 5.04. The number of nitrogens with two attached hydrogens (primary N) is 1. The molecule has 0 saturated carbocycles. The van der Waals surface area contributed by atoms with Gasteiger partial charge < -0.3 is 10.8 Å². The van der Waals surface area contributed by atoms with Crippen molar-refractivity contribution in [2.75, 3.05) is 5.75 Å². The van der Waals surface area contributed by atoms with E-state index in [-0.39, 0.29) is 5.75 Å². The molecule has 1 amide bonds. The van der Waals surface area contributed by atoms with Crippen LogP contribution in [0.2, 0.25) is 0 Å². The number of amides is 1. The van der Waals surface area contributed by atoms with Crippen LogP contribution in [0.4, 0.5) is 0 Å². The number of hydrogen-bond acceptors (Lipinski definition) is 3. The predicted molar refractivity (Wildman–Crippen MR) is 72.1 cm³/mol. The number of primary amides is 1. The van der Waals surface area contributed by atoms with E-state index in [0.717, 1.165) is 5.56 Å². The van der Waals surface area contributed by atoms with Crippen LogP contribution in [0.5, 0.6) is 0 Å². The maximum Gasteiger partial charge on any atom is 0.262 e. The maximum absolute atomic E-state index is 12.1. The van der Waals surface area contributed by atoms with Crippen molar-refractivity contribution in [1.29, 1.82) is 0 Å². The molecule has 0 heterocycles. The predicted octanol–water partition coefficient (Wildman–Crippen LogP) is 0.808. The summed E-state index contributed by atoms with van der Waals surface area (Å²) in [5.41, 5.74) is 6.17. The summed E-state index contributed by atoms with van der Waals surface area (Å²) in [5, 5.41) is 10.1. The Bertz CT molecular complexity index is 433. The highest BCUT2D eigenvalue weighted by Crippen LogP contribution is 2.22. The molecule has 4 nitrogen and oxygen atoms in total. The highest BCUT2D eigenvalue weighted by Gasteiger charge is 2.43. The van der Waals surface area contributed by atoms with Gasteiger partial charge >= 0.3 is 0 Å². The van der Waals surface area contributed by atoms with Crippen LogP contribution in [0.15, 0.2) is 30.3 Å². The van der Waals surface area contributed by atoms with Gasteiger partial charge in [-0.1, -0.05) is 44.2 Å². The Morgan fingerprint density at radius 1 is 1.39 bits per heavy atom. The minimum Gasteiger partial charge on any atom is -0.369 e. The van der Waals surface area contributed by atoms with E-state index >= 15 is 0 Å². The van der Waals surface area contributed by atoms with Crippen LogP contribution in [0.25, 0.3) is 0 Å². The topological polar surface area (TPSA) is 80.4 Å². The van der Waals surface area contributed by atoms with Gasteiger partial charge in [0.2, 0.25) is 4.93 Å². The SMILES string of the molecule is CC(C)C(O)(C(N)=O)S(=O)CCc1ccccc1. The zero-order chi connectivity index (χ0) is 13.8. The molecule has 0 radical (unpaired) electrons. The van der Waals surface area contributed by atoms with Crippen molar-refractivity contribution >= 4 is 16.7 Å². The molecule has 2 atom stereocenters. The summed E-state index contributed by atoms with van der Waals surface area (Å²) in [6, 6.07) is 9.50. The first-order valence-electron chi connectivity index (χ1n) is 5.83. The number of rotatable bonds is 6. The summed E-state index contributed by atoms with van der Waals surface area (Å²) >= 11 is 0. The molecule has 0 spiro atoms. The van der Waals surface area contributed by atoms with Gasteiger partial charge in [0, 0.05) is 11.7 Å². The zero-order valence-electron chi connectivity index (χ0n) is 10.6. The number of benzene rings is 1. The Balaban J connectivity index is 2.73. The molecule has 5 heteroatoms. The largest absolute Gasteiger partial charge is 0.369 e. The van der Waals surface area contributed by atoms with Gasteiger partial charge in [-0.25, -0.2) is 0 Å². The van der Waals surface area contributed by atoms with Crippen LogP contribution < -0.4 is 5.73 Å². The highest BCUT2D eigenvalue weighted by atomic mass is 32.2. The molecular weight excluding hydrogens is 250 g/mol. The smallest absolute Gasteiger partial charge is 0.262 e. The summed E-state index contributed by atoms with van der Waals surface area (Å²) in [4.78, 5) is 9.35. The summed E-state index contributed by atoms with van der Waals surface area (Å²) in [5.74, 6) is -1.20. The van der Waals surface area contributed by atoms with Gasteiger partial charge in [-0.05, 0) is 12.0 Å². The van der Waals surface area contributed by atoms with Crippen LogP contribution >= 0.6 is 0 Å². The van der Waals surface area contributed by atoms with Crippen LogP contribution in [-0.4, -0.2) is 25.9 Å². The fraction of sp³-hybridized carbons (Fsp3) is 0.462. The van der Waals surface area contributed by atoms with E-state index in [1.807, 2.05) is 30.3 Å². The molecule has 3 N–H and O–H groups in total. The van der Waals surface area contributed by atoms with E-state index in [4.69, 9.17) is 5.73 Å². The van der Waals surface area contributed by atoms with Crippen molar-refractivity contribution in [2.45, 2.75) is 25.2 Å². The molecular formula is C13H19NO3S. The number of carbonyl (C=O) groups is 1. The molecule has 1 rings (SSSR count). The second kappa shape index (κ2) is 6.11. The fourth-order valence-electron chi connectivity index (χ4n) is 1.67. The monoisotopic (exact) mass is 269 g/mol. The quantitative estimate of drug-likeness (QED) is 0.802. The average molecular weight is 269 g/mol. The Labute approximate surface area is 110 Å². The van der Waals surface area contributed by atoms with Crippen molar-refractivity contribution in [3.63, 3.8) is 0 Å². The van der Waals surface area contributed by atoms with Crippen molar-refractivity contribution in [2.24, 2.45) is 11.7 Å². The van der Waals surface area contributed by atoms with Gasteiger partial charge in [-0.2, -0.15) is 0 Å². The fourth-order valence-corrected chi connectivity index (χ4v) is 3.15. The van der Waals surface area contributed by atoms with Crippen LogP contribution in [-0.2, 0) is 22.0 Å². The van der Waals surface area contributed by atoms with Gasteiger partial charge in [-0.15, -0.1) is 0 Å². The molecule has 0 fully saturated rings. The van der Waals surface area contributed by atoms with E-state index < -0.39 is 27.6 Å². The summed E-state index contributed by atoms with van der Waals surface area (Å²) in [6.07, 6.45) is 0.537. The molecule has 0 aliphatic heterocycles. The molecule has 1 aromatic carbocycles. The molecule has 2 unspecified atom stereocenters. The lowest BCUT2D eigenvalue weighted by Crippen LogP contribution is -2.52. The minimum atomic E-state index is -1.95. The van der Waals surface area contributed by atoms with E-state index in [2.05, 4.69) is 0 Å². The number of carbonyl (C=O) groups excluding carboxylic acids is 1. The Morgan fingerprint density at radius 3 is 2.39 bits per heavy atom. The average Bonchev–Trinajstić information content (AvgIpc) is 2.35. The van der Waals surface area contributed by atoms with Gasteiger partial charge in [0.05, 0.1) is 10.8 Å². The minimum absolute atomic E-state index is 0.210. The highest BCUT2D eigenvalue weighted by molar-refractivity contribution is 7.87. The van der Waals surface area contributed by atoms with Gasteiger partial charge in [0.15, 0.2) is 0 Å². The Hall–Kier alpha value is -1.20. The van der Waals surface area contributed by atoms with Gasteiger partial charge in [0.25, 0.3) is 5.91 Å². The van der Waals surface area contributed by atoms with Crippen molar-refractivity contribution in [3.05, 3.63) is 35.9 Å². The van der Waals surface area contributed by atoms with Crippen molar-refractivity contribution in [3.8, 4) is 0 Å². The first kappa shape index (κ1) is 14.9. The van der Waals surface area contributed by atoms with Crippen molar-refractivity contribution in [1.82, 2.24) is 0 Å². The number of aliphatic hydroxyl groups is 1. The molecule has 0 saturated heterocycles. The van der Waals surface area contributed by atoms with Gasteiger partial charge in [-0.3, -0.25) is 9.00 Å². The van der Waals surface area contributed by atoms with Crippen LogP contribution in [0.3, 0.4) is 0 Å². The molecule has 100 valence electrons. The third-order valence-corrected chi connectivity index (χ3v) is 4.84. The van der Waals surface area contributed by atoms with Crippen LogP contribution in [0, 0.1) is 5.92 Å². The molecule has 0 aromatic heterocycles. The van der Waals surface area contributed by atoms with Crippen LogP contribution in [0.1, 0.15) is 19.4 Å². The molecule has 0 aliphatic carbocycles. The zero-order valence-corrected chi connectivity index (χ0v) is 11.4. The standard InChI is InChI=1S/C13H19NO3S/c1-10(2)13(16,12(14)15)18(17)9-8-11-6-4-3-5-7-11/h3-7,10,16H,8-9H2,1-2H3,(H2,14,15). The first-order chi connectivity index (χ1) is 8.39. The second-order valence-corrected chi connectivity index (χ2v) is 6.22. The number of hydrogen-bond donors (Lipinski definition) is 2. The Morgan fingerprint density at radius 2 is 1.94 bits per heavy atom. The molecule has 1 aromatic rings. The lowest BCUT2D eigenvalue weighted by atomic mass is 10.1. The van der Waals surface area contributed by atoms with Gasteiger partial charge in [0.1, 0.15) is 0 Å². The van der Waals surface area contributed by atoms with E-state index in [1.165, 1.54) is 0 Å². The lowest BCUT2D eigenvalue weighted by molar-refractivity contribution is -0.131. The van der Waals surface area contributed by atoms with Crippen molar-refractivity contribution < 1.29 is 14.1 Å². The third-order valence-electron chi connectivity index (χ3n) is 2.90. The third kappa shape index (κ3) is 3.17. The second-order valence-electron chi connectivity index (χ2n) is 4.50. The summed E-state index contributed by atoms with van der Waals surface area (Å²) in [6.45, 7) is 3.26. The van der Waals surface area contributed by atoms with E-state index in [0.29, 0.717) is 6.42 Å². The molecule has 0 aliphatic rings. The molecule has 18 heavy (non-hydrogen) atoms. The lowest BCUT2D eigenvalue weighted by Gasteiger charge is -2.27. The number of aryl methyl sites for hydroxylation is 1. The first-order valence-corrected chi connectivity index (χ1v) is 7.15. The molecule has 0 bridgehead atoms. The maximum atomic E-state index is 12.1. The summed E-state index contributed by atoms with van der Waals surface area (Å²) in [7, 11) is -1.70.